The zero-order valence-corrected chi connectivity index (χ0v) is 8.80. The van der Waals surface area contributed by atoms with Gasteiger partial charge in [-0.25, -0.2) is 4.99 Å². The van der Waals surface area contributed by atoms with E-state index in [0.29, 0.717) is 6.54 Å². The molecule has 1 aliphatic heterocycles. The number of nitrogens with two attached hydrogens (primary N) is 3. The van der Waals surface area contributed by atoms with Crippen molar-refractivity contribution < 1.29 is 4.79 Å². The van der Waals surface area contributed by atoms with Gasteiger partial charge in [-0.05, 0) is 19.3 Å². The van der Waals surface area contributed by atoms with Gasteiger partial charge in [0, 0.05) is 13.1 Å². The van der Waals surface area contributed by atoms with E-state index in [0.717, 1.165) is 32.1 Å². The number of likely N-dealkylation sites (tertiary alicyclic amines) is 1. The minimum absolute atomic E-state index is 0.0188. The fraction of sp³-hybridized carbons (Fsp3) is 0.778. The minimum Gasteiger partial charge on any atom is -0.370 e. The molecule has 6 N–H and O–H groups in total. The number of hydrogen-bond acceptors (Lipinski definition) is 4. The van der Waals surface area contributed by atoms with Crippen LogP contribution in [0.5, 0.6) is 0 Å². The van der Waals surface area contributed by atoms with Crippen molar-refractivity contribution in [3.8, 4) is 0 Å². The predicted octanol–water partition coefficient (Wildman–Crippen LogP) is -1.40. The normalized spacial score (nSPS) is 24.5. The summed E-state index contributed by atoms with van der Waals surface area (Å²) in [5.74, 6) is 0.0894. The highest BCUT2D eigenvalue weighted by Gasteiger charge is 2.23. The highest BCUT2D eigenvalue weighted by atomic mass is 16.1. The Bertz CT molecular complexity index is 239. The monoisotopic (exact) mass is 213 g/mol. The molecular formula is C9H19N5O. The van der Waals surface area contributed by atoms with Gasteiger partial charge >= 0.3 is 0 Å². The summed E-state index contributed by atoms with van der Waals surface area (Å²) in [4.78, 5) is 16.7. The number of aldehydes is 1. The van der Waals surface area contributed by atoms with Crippen molar-refractivity contribution in [2.75, 3.05) is 13.1 Å². The summed E-state index contributed by atoms with van der Waals surface area (Å²) >= 11 is 0. The van der Waals surface area contributed by atoms with Crippen molar-refractivity contribution in [3.63, 3.8) is 0 Å². The molecule has 0 amide bonds. The molecule has 1 fully saturated rings. The van der Waals surface area contributed by atoms with E-state index in [1.165, 1.54) is 0 Å². The smallest absolute Gasteiger partial charge is 0.187 e. The first-order valence-electron chi connectivity index (χ1n) is 5.17. The number of piperidine rings is 1. The van der Waals surface area contributed by atoms with Crippen molar-refractivity contribution in [2.45, 2.75) is 31.5 Å². The molecule has 0 aromatic heterocycles. The van der Waals surface area contributed by atoms with Crippen LogP contribution < -0.4 is 17.2 Å². The van der Waals surface area contributed by atoms with Gasteiger partial charge in [0.2, 0.25) is 0 Å². The van der Waals surface area contributed by atoms with Gasteiger partial charge in [-0.2, -0.15) is 0 Å². The first-order chi connectivity index (χ1) is 7.13. The van der Waals surface area contributed by atoms with Crippen molar-refractivity contribution in [3.05, 3.63) is 0 Å². The molecule has 1 heterocycles. The maximum atomic E-state index is 10.5. The van der Waals surface area contributed by atoms with Gasteiger partial charge in [0.1, 0.15) is 12.5 Å². The van der Waals surface area contributed by atoms with Gasteiger partial charge in [0.05, 0.1) is 6.04 Å². The molecule has 0 saturated carbocycles. The molecule has 6 heteroatoms. The SMILES string of the molecule is NC(N)=NC1CCCCN1C[C@H](N)C=O. The van der Waals surface area contributed by atoms with E-state index < -0.39 is 6.04 Å². The molecule has 1 rings (SSSR count). The van der Waals surface area contributed by atoms with E-state index in [1.807, 2.05) is 0 Å². The summed E-state index contributed by atoms with van der Waals surface area (Å²) in [5.41, 5.74) is 16.3. The fourth-order valence-corrected chi connectivity index (χ4v) is 1.82. The quantitative estimate of drug-likeness (QED) is 0.302. The third kappa shape index (κ3) is 3.85. The van der Waals surface area contributed by atoms with Crippen molar-refractivity contribution in [1.82, 2.24) is 4.90 Å². The van der Waals surface area contributed by atoms with Crippen molar-refractivity contribution in [2.24, 2.45) is 22.2 Å². The van der Waals surface area contributed by atoms with Crippen LogP contribution in [0.1, 0.15) is 19.3 Å². The lowest BCUT2D eigenvalue weighted by Crippen LogP contribution is -2.47. The second-order valence-electron chi connectivity index (χ2n) is 3.83. The van der Waals surface area contributed by atoms with Gasteiger partial charge in [-0.15, -0.1) is 0 Å². The van der Waals surface area contributed by atoms with E-state index in [9.17, 15) is 4.79 Å². The van der Waals surface area contributed by atoms with E-state index in [2.05, 4.69) is 9.89 Å². The summed E-state index contributed by atoms with van der Waals surface area (Å²) in [6.45, 7) is 1.41. The zero-order valence-electron chi connectivity index (χ0n) is 8.80. The number of carbonyl (C=O) groups excluding carboxylic acids is 1. The molecule has 1 aliphatic rings. The Kier molecular flexibility index (Phi) is 4.51. The topological polar surface area (TPSA) is 111 Å². The summed E-state index contributed by atoms with van der Waals surface area (Å²) in [6.07, 6.45) is 3.86. The van der Waals surface area contributed by atoms with Crippen molar-refractivity contribution >= 4 is 12.2 Å². The minimum atomic E-state index is -0.459. The second kappa shape index (κ2) is 5.67. The molecule has 6 nitrogen and oxygen atoms in total. The van der Waals surface area contributed by atoms with E-state index in [-0.39, 0.29) is 12.1 Å². The van der Waals surface area contributed by atoms with Crippen LogP contribution >= 0.6 is 0 Å². The number of nitrogens with zero attached hydrogens (tertiary/aromatic N) is 2. The molecule has 15 heavy (non-hydrogen) atoms. The number of carbonyl (C=O) groups is 1. The van der Waals surface area contributed by atoms with Crippen molar-refractivity contribution in [1.29, 1.82) is 0 Å². The maximum Gasteiger partial charge on any atom is 0.187 e. The first-order valence-corrected chi connectivity index (χ1v) is 5.17. The maximum absolute atomic E-state index is 10.5. The molecule has 86 valence electrons. The van der Waals surface area contributed by atoms with E-state index >= 15 is 0 Å². The largest absolute Gasteiger partial charge is 0.370 e. The molecule has 0 aromatic carbocycles. The Morgan fingerprint density at radius 3 is 2.87 bits per heavy atom. The third-order valence-electron chi connectivity index (χ3n) is 2.50. The van der Waals surface area contributed by atoms with Gasteiger partial charge in [-0.3, -0.25) is 4.90 Å². The van der Waals surface area contributed by atoms with Crippen LogP contribution in [0.15, 0.2) is 4.99 Å². The predicted molar refractivity (Wildman–Crippen MR) is 59.1 cm³/mol. The summed E-state index contributed by atoms with van der Waals surface area (Å²) in [5, 5.41) is 0. The molecule has 0 bridgehead atoms. The van der Waals surface area contributed by atoms with Gasteiger partial charge < -0.3 is 22.0 Å². The Morgan fingerprint density at radius 1 is 1.53 bits per heavy atom. The van der Waals surface area contributed by atoms with Crippen LogP contribution in [0, 0.1) is 0 Å². The van der Waals surface area contributed by atoms with Gasteiger partial charge in [0.25, 0.3) is 0 Å². The molecule has 0 spiro atoms. The standard InChI is InChI=1S/C9H19N5O/c10-7(6-15)5-14-4-2-1-3-8(14)13-9(11)12/h6-8H,1-5,10H2,(H4,11,12,13)/t7-,8?/m0/s1. The van der Waals surface area contributed by atoms with Gasteiger partial charge in [-0.1, -0.05) is 0 Å². The first kappa shape index (κ1) is 11.9. The fourth-order valence-electron chi connectivity index (χ4n) is 1.82. The van der Waals surface area contributed by atoms with Crippen LogP contribution in [0.3, 0.4) is 0 Å². The Morgan fingerprint density at radius 2 is 2.27 bits per heavy atom. The summed E-state index contributed by atoms with van der Waals surface area (Å²) in [7, 11) is 0. The molecule has 0 aromatic rings. The Balaban J connectivity index is 2.57. The van der Waals surface area contributed by atoms with Crippen LogP contribution in [0.2, 0.25) is 0 Å². The molecule has 1 unspecified atom stereocenters. The Hall–Kier alpha value is -1.14. The number of hydrogen-bond donors (Lipinski definition) is 3. The average molecular weight is 213 g/mol. The molecule has 1 saturated heterocycles. The lowest BCUT2D eigenvalue weighted by Gasteiger charge is -2.33. The summed E-state index contributed by atoms with van der Waals surface area (Å²) < 4.78 is 0. The van der Waals surface area contributed by atoms with Crippen LogP contribution in [-0.4, -0.2) is 42.4 Å². The average Bonchev–Trinajstić information content (AvgIpc) is 2.20. The van der Waals surface area contributed by atoms with Crippen LogP contribution in [0.25, 0.3) is 0 Å². The summed E-state index contributed by atoms with van der Waals surface area (Å²) in [6, 6.07) is -0.459. The highest BCUT2D eigenvalue weighted by Crippen LogP contribution is 2.17. The van der Waals surface area contributed by atoms with E-state index in [4.69, 9.17) is 17.2 Å². The van der Waals surface area contributed by atoms with Gasteiger partial charge in [0.15, 0.2) is 5.96 Å². The number of aliphatic imine (C=N–C) groups is 1. The zero-order chi connectivity index (χ0) is 11.3. The molecular weight excluding hydrogens is 194 g/mol. The molecule has 0 radical (unpaired) electrons. The lowest BCUT2D eigenvalue weighted by atomic mass is 10.1. The number of rotatable bonds is 4. The molecule has 0 aliphatic carbocycles. The lowest BCUT2D eigenvalue weighted by molar-refractivity contribution is -0.109. The second-order valence-corrected chi connectivity index (χ2v) is 3.83. The Labute approximate surface area is 89.5 Å². The van der Waals surface area contributed by atoms with Crippen LogP contribution in [-0.2, 0) is 4.79 Å². The highest BCUT2D eigenvalue weighted by molar-refractivity contribution is 5.75. The third-order valence-corrected chi connectivity index (χ3v) is 2.50. The van der Waals surface area contributed by atoms with Crippen LogP contribution in [0.4, 0.5) is 0 Å². The van der Waals surface area contributed by atoms with E-state index in [1.54, 1.807) is 0 Å². The number of guanidine groups is 1. The molecule has 2 atom stereocenters.